The van der Waals surface area contributed by atoms with Crippen molar-refractivity contribution in [3.05, 3.63) is 58.6 Å². The Morgan fingerprint density at radius 2 is 1.90 bits per heavy atom. The van der Waals surface area contributed by atoms with Gasteiger partial charge in [-0.3, -0.25) is 0 Å². The molecule has 0 radical (unpaired) electrons. The Kier molecular flexibility index (Phi) is 4.13. The first-order valence-electron chi connectivity index (χ1n) is 5.58. The van der Waals surface area contributed by atoms with Crippen molar-refractivity contribution in [3.63, 3.8) is 0 Å². The van der Waals surface area contributed by atoms with Crippen molar-refractivity contribution in [2.75, 3.05) is 5.32 Å². The second-order valence-corrected chi connectivity index (χ2v) is 4.40. The summed E-state index contributed by atoms with van der Waals surface area (Å²) in [5.74, 6) is -0.561. The monoisotopic (exact) mass is 304 g/mol. The molecule has 0 spiro atoms. The van der Waals surface area contributed by atoms with Crippen LogP contribution in [-0.4, -0.2) is 4.98 Å². The van der Waals surface area contributed by atoms with Gasteiger partial charge in [-0.2, -0.15) is 13.2 Å². The molecule has 2 nitrogen and oxygen atoms in total. The van der Waals surface area contributed by atoms with E-state index in [0.29, 0.717) is 5.69 Å². The van der Waals surface area contributed by atoms with E-state index in [0.717, 1.165) is 6.07 Å². The molecule has 106 valence electrons. The maximum absolute atomic E-state index is 12.9. The Balaban J connectivity index is 2.09. The van der Waals surface area contributed by atoms with Gasteiger partial charge in [0.25, 0.3) is 0 Å². The Morgan fingerprint density at radius 1 is 1.15 bits per heavy atom. The minimum Gasteiger partial charge on any atom is -0.379 e. The summed E-state index contributed by atoms with van der Waals surface area (Å²) in [6, 6.07) is 7.61. The number of halogens is 5. The van der Waals surface area contributed by atoms with Crippen LogP contribution in [0.4, 0.5) is 23.2 Å². The molecular formula is C13H9ClF4N2. The van der Waals surface area contributed by atoms with E-state index in [2.05, 4.69) is 10.3 Å². The van der Waals surface area contributed by atoms with Crippen LogP contribution in [0.5, 0.6) is 0 Å². The van der Waals surface area contributed by atoms with Crippen LogP contribution >= 0.6 is 11.6 Å². The molecule has 0 atom stereocenters. The molecule has 1 heterocycles. The molecule has 0 aliphatic heterocycles. The molecular weight excluding hydrogens is 296 g/mol. The predicted octanol–water partition coefficient (Wildman–Crippen LogP) is 4.51. The van der Waals surface area contributed by atoms with Crippen LogP contribution in [0.1, 0.15) is 11.4 Å². The fraction of sp³-hybridized carbons (Fsp3) is 0.154. The van der Waals surface area contributed by atoms with E-state index in [1.807, 2.05) is 0 Å². The molecule has 20 heavy (non-hydrogen) atoms. The molecule has 2 rings (SSSR count). The van der Waals surface area contributed by atoms with Gasteiger partial charge in [-0.1, -0.05) is 17.7 Å². The lowest BCUT2D eigenvalue weighted by atomic mass is 10.2. The van der Waals surface area contributed by atoms with Gasteiger partial charge in [0.15, 0.2) is 0 Å². The SMILES string of the molecule is Fc1ccc(NCc2cccc(C(F)(F)F)n2)cc1Cl. The lowest BCUT2D eigenvalue weighted by Gasteiger charge is -2.09. The van der Waals surface area contributed by atoms with Gasteiger partial charge in [0, 0.05) is 5.69 Å². The highest BCUT2D eigenvalue weighted by atomic mass is 35.5. The standard InChI is InChI=1S/C13H9ClF4N2/c14-10-6-8(4-5-11(10)15)19-7-9-2-1-3-12(20-9)13(16,17)18/h1-6,19H,7H2. The molecule has 2 aromatic rings. The first-order chi connectivity index (χ1) is 9.36. The minimum atomic E-state index is -4.48. The zero-order valence-corrected chi connectivity index (χ0v) is 10.8. The molecule has 1 aromatic heterocycles. The fourth-order valence-corrected chi connectivity index (χ4v) is 1.72. The zero-order valence-electron chi connectivity index (χ0n) is 10.0. The van der Waals surface area contributed by atoms with Gasteiger partial charge < -0.3 is 5.32 Å². The molecule has 0 saturated carbocycles. The van der Waals surface area contributed by atoms with Crippen LogP contribution in [0, 0.1) is 5.82 Å². The second kappa shape index (κ2) is 5.66. The second-order valence-electron chi connectivity index (χ2n) is 3.99. The molecule has 0 aliphatic carbocycles. The highest BCUT2D eigenvalue weighted by Crippen LogP contribution is 2.27. The third kappa shape index (κ3) is 3.60. The summed E-state index contributed by atoms with van der Waals surface area (Å²) in [5.41, 5.74) is -0.232. The van der Waals surface area contributed by atoms with E-state index >= 15 is 0 Å². The van der Waals surface area contributed by atoms with Gasteiger partial charge in [-0.25, -0.2) is 9.37 Å². The topological polar surface area (TPSA) is 24.9 Å². The van der Waals surface area contributed by atoms with Crippen molar-refractivity contribution >= 4 is 17.3 Å². The van der Waals surface area contributed by atoms with Gasteiger partial charge in [-0.15, -0.1) is 0 Å². The number of aromatic nitrogens is 1. The molecule has 0 fully saturated rings. The Morgan fingerprint density at radius 3 is 2.55 bits per heavy atom. The summed E-state index contributed by atoms with van der Waals surface area (Å²) in [7, 11) is 0. The third-order valence-corrected chi connectivity index (χ3v) is 2.78. The van der Waals surface area contributed by atoms with Crippen LogP contribution in [0.25, 0.3) is 0 Å². The summed E-state index contributed by atoms with van der Waals surface area (Å²) in [4.78, 5) is 3.50. The average Bonchev–Trinajstić information content (AvgIpc) is 2.39. The van der Waals surface area contributed by atoms with Crippen molar-refractivity contribution in [1.82, 2.24) is 4.98 Å². The largest absolute Gasteiger partial charge is 0.433 e. The smallest absolute Gasteiger partial charge is 0.379 e. The van der Waals surface area contributed by atoms with Crippen LogP contribution in [-0.2, 0) is 12.7 Å². The third-order valence-electron chi connectivity index (χ3n) is 2.49. The van der Waals surface area contributed by atoms with Gasteiger partial charge in [-0.05, 0) is 30.3 Å². The number of hydrogen-bond acceptors (Lipinski definition) is 2. The van der Waals surface area contributed by atoms with E-state index in [-0.39, 0.29) is 17.3 Å². The van der Waals surface area contributed by atoms with Crippen LogP contribution in [0.15, 0.2) is 36.4 Å². The molecule has 0 aliphatic rings. The highest BCUT2D eigenvalue weighted by molar-refractivity contribution is 6.31. The van der Waals surface area contributed by atoms with Crippen molar-refractivity contribution < 1.29 is 17.6 Å². The van der Waals surface area contributed by atoms with Crippen molar-refractivity contribution in [2.24, 2.45) is 0 Å². The Hall–Kier alpha value is -1.82. The number of alkyl halides is 3. The first kappa shape index (κ1) is 14.6. The Labute approximate surface area is 117 Å². The predicted molar refractivity (Wildman–Crippen MR) is 68.0 cm³/mol. The van der Waals surface area contributed by atoms with Gasteiger partial charge in [0.2, 0.25) is 0 Å². The number of hydrogen-bond donors (Lipinski definition) is 1. The first-order valence-corrected chi connectivity index (χ1v) is 5.96. The summed E-state index contributed by atoms with van der Waals surface area (Å²) in [5, 5.41) is 2.76. The molecule has 7 heteroatoms. The normalized spacial score (nSPS) is 11.4. The summed E-state index contributed by atoms with van der Waals surface area (Å²) < 4.78 is 50.4. The van der Waals surface area contributed by atoms with Crippen molar-refractivity contribution in [1.29, 1.82) is 0 Å². The molecule has 0 saturated heterocycles. The van der Waals surface area contributed by atoms with Crippen LogP contribution in [0.2, 0.25) is 5.02 Å². The number of pyridine rings is 1. The lowest BCUT2D eigenvalue weighted by Crippen LogP contribution is -2.10. The van der Waals surface area contributed by atoms with E-state index < -0.39 is 17.7 Å². The molecule has 0 amide bonds. The Bertz CT molecular complexity index is 614. The molecule has 0 bridgehead atoms. The number of benzene rings is 1. The van der Waals surface area contributed by atoms with E-state index in [9.17, 15) is 17.6 Å². The summed E-state index contributed by atoms with van der Waals surface area (Å²) >= 11 is 5.60. The van der Waals surface area contributed by atoms with E-state index in [1.165, 1.54) is 30.3 Å². The number of anilines is 1. The molecule has 1 aromatic carbocycles. The lowest BCUT2D eigenvalue weighted by molar-refractivity contribution is -0.141. The van der Waals surface area contributed by atoms with E-state index in [4.69, 9.17) is 11.6 Å². The minimum absolute atomic E-state index is 0.0630. The van der Waals surface area contributed by atoms with Gasteiger partial charge >= 0.3 is 6.18 Å². The maximum atomic E-state index is 12.9. The van der Waals surface area contributed by atoms with Gasteiger partial charge in [0.1, 0.15) is 11.5 Å². The number of nitrogens with zero attached hydrogens (tertiary/aromatic N) is 1. The van der Waals surface area contributed by atoms with E-state index in [1.54, 1.807) is 0 Å². The van der Waals surface area contributed by atoms with Crippen LogP contribution in [0.3, 0.4) is 0 Å². The number of nitrogens with one attached hydrogen (secondary N) is 1. The maximum Gasteiger partial charge on any atom is 0.433 e. The van der Waals surface area contributed by atoms with Gasteiger partial charge in [0.05, 0.1) is 17.3 Å². The zero-order chi connectivity index (χ0) is 14.8. The fourth-order valence-electron chi connectivity index (χ4n) is 1.53. The van der Waals surface area contributed by atoms with Crippen molar-refractivity contribution in [2.45, 2.75) is 12.7 Å². The van der Waals surface area contributed by atoms with Crippen LogP contribution < -0.4 is 5.32 Å². The highest BCUT2D eigenvalue weighted by Gasteiger charge is 2.32. The molecule has 0 unspecified atom stereocenters. The van der Waals surface area contributed by atoms with Crippen molar-refractivity contribution in [3.8, 4) is 0 Å². The molecule has 1 N–H and O–H groups in total. The summed E-state index contributed by atoms with van der Waals surface area (Å²) in [6.45, 7) is 0.0753. The number of rotatable bonds is 3. The average molecular weight is 305 g/mol. The summed E-state index contributed by atoms with van der Waals surface area (Å²) in [6.07, 6.45) is -4.48. The quantitative estimate of drug-likeness (QED) is 0.844.